The molecule has 0 spiro atoms. The van der Waals surface area contributed by atoms with E-state index in [0.29, 0.717) is 6.10 Å². The molecule has 1 rings (SSSR count). The Labute approximate surface area is 120 Å². The third kappa shape index (κ3) is 7.94. The van der Waals surface area contributed by atoms with E-state index < -0.39 is 0 Å². The summed E-state index contributed by atoms with van der Waals surface area (Å²) in [6.07, 6.45) is 11.0. The molecule has 1 saturated heterocycles. The molecule has 0 saturated carbocycles. The first-order chi connectivity index (χ1) is 9.26. The molecule has 0 N–H and O–H groups in total. The molecule has 2 heteroatoms. The van der Waals surface area contributed by atoms with E-state index in [4.69, 9.17) is 4.74 Å². The van der Waals surface area contributed by atoms with Crippen LogP contribution in [-0.4, -0.2) is 37.2 Å². The molecule has 1 aliphatic rings. The summed E-state index contributed by atoms with van der Waals surface area (Å²) in [6, 6.07) is 0. The number of ether oxygens (including phenoxy) is 1. The van der Waals surface area contributed by atoms with Gasteiger partial charge in [0.05, 0.1) is 6.10 Å². The molecule has 0 aliphatic carbocycles. The predicted octanol–water partition coefficient (Wildman–Crippen LogP) is 4.48. The summed E-state index contributed by atoms with van der Waals surface area (Å²) in [4.78, 5) is 2.62. The first kappa shape index (κ1) is 17.0. The van der Waals surface area contributed by atoms with Crippen molar-refractivity contribution in [1.82, 2.24) is 4.90 Å². The highest BCUT2D eigenvalue weighted by Crippen LogP contribution is 2.16. The lowest BCUT2D eigenvalue weighted by Crippen LogP contribution is -2.37. The molecule has 0 amide bonds. The summed E-state index contributed by atoms with van der Waals surface area (Å²) in [5.74, 6) is 0.865. The molecule has 0 aromatic carbocycles. The lowest BCUT2D eigenvalue weighted by molar-refractivity contribution is 0.00477. The van der Waals surface area contributed by atoms with E-state index in [1.54, 1.807) is 0 Å². The van der Waals surface area contributed by atoms with Gasteiger partial charge in [0, 0.05) is 19.7 Å². The fourth-order valence-corrected chi connectivity index (χ4v) is 2.77. The molecular weight excluding hydrogens is 234 g/mol. The van der Waals surface area contributed by atoms with E-state index in [9.17, 15) is 0 Å². The van der Waals surface area contributed by atoms with Gasteiger partial charge in [0.15, 0.2) is 0 Å². The Hall–Kier alpha value is -0.0800. The highest BCUT2D eigenvalue weighted by molar-refractivity contribution is 4.72. The van der Waals surface area contributed by atoms with Gasteiger partial charge in [-0.3, -0.25) is 0 Å². The van der Waals surface area contributed by atoms with Crippen LogP contribution < -0.4 is 0 Å². The lowest BCUT2D eigenvalue weighted by Gasteiger charge is -2.32. The molecule has 1 atom stereocenters. The Kier molecular flexibility index (Phi) is 9.54. The van der Waals surface area contributed by atoms with Gasteiger partial charge in [-0.1, -0.05) is 40.0 Å². The van der Waals surface area contributed by atoms with Crippen LogP contribution in [0.15, 0.2) is 0 Å². The van der Waals surface area contributed by atoms with Gasteiger partial charge in [0.2, 0.25) is 0 Å². The zero-order valence-corrected chi connectivity index (χ0v) is 13.5. The number of rotatable bonds is 10. The smallest absolute Gasteiger partial charge is 0.0599 e. The van der Waals surface area contributed by atoms with Gasteiger partial charge in [0.25, 0.3) is 0 Å². The SMILES string of the molecule is CCCCCN1CCC(OCCCC(C)CC)CC1. The number of unbranched alkanes of at least 4 members (excludes halogenated alkanes) is 2. The van der Waals surface area contributed by atoms with Crippen molar-refractivity contribution in [2.75, 3.05) is 26.2 Å². The van der Waals surface area contributed by atoms with Crippen LogP contribution in [0.3, 0.4) is 0 Å². The quantitative estimate of drug-likeness (QED) is 0.542. The number of hydrogen-bond acceptors (Lipinski definition) is 2. The minimum Gasteiger partial charge on any atom is -0.378 e. The second kappa shape index (κ2) is 10.7. The maximum atomic E-state index is 6.03. The molecular formula is C17H35NO. The minimum atomic E-state index is 0.541. The Morgan fingerprint density at radius 1 is 1.11 bits per heavy atom. The summed E-state index contributed by atoms with van der Waals surface area (Å²) in [5.41, 5.74) is 0. The van der Waals surface area contributed by atoms with Crippen molar-refractivity contribution in [2.24, 2.45) is 5.92 Å². The molecule has 1 aliphatic heterocycles. The molecule has 0 radical (unpaired) electrons. The standard InChI is InChI=1S/C17H35NO/c1-4-6-7-12-18-13-10-17(11-14-18)19-15-8-9-16(3)5-2/h16-17H,4-15H2,1-3H3. The molecule has 0 aromatic heterocycles. The van der Waals surface area contributed by atoms with Crippen LogP contribution in [0.5, 0.6) is 0 Å². The maximum absolute atomic E-state index is 6.03. The molecule has 1 unspecified atom stereocenters. The Balaban J connectivity index is 1.97. The Morgan fingerprint density at radius 2 is 1.84 bits per heavy atom. The third-order valence-corrected chi connectivity index (χ3v) is 4.50. The van der Waals surface area contributed by atoms with Crippen molar-refractivity contribution in [3.8, 4) is 0 Å². The molecule has 1 heterocycles. The predicted molar refractivity (Wildman–Crippen MR) is 83.6 cm³/mol. The summed E-state index contributed by atoms with van der Waals surface area (Å²) in [7, 11) is 0. The third-order valence-electron chi connectivity index (χ3n) is 4.50. The zero-order chi connectivity index (χ0) is 13.9. The number of hydrogen-bond donors (Lipinski definition) is 0. The van der Waals surface area contributed by atoms with Crippen LogP contribution in [-0.2, 0) is 4.74 Å². The number of nitrogens with zero attached hydrogens (tertiary/aromatic N) is 1. The first-order valence-corrected chi connectivity index (χ1v) is 8.60. The van der Waals surface area contributed by atoms with Crippen LogP contribution in [0, 0.1) is 5.92 Å². The van der Waals surface area contributed by atoms with E-state index >= 15 is 0 Å². The molecule has 1 fully saturated rings. The average molecular weight is 269 g/mol. The maximum Gasteiger partial charge on any atom is 0.0599 e. The van der Waals surface area contributed by atoms with Crippen LogP contribution in [0.4, 0.5) is 0 Å². The van der Waals surface area contributed by atoms with Crippen molar-refractivity contribution in [3.63, 3.8) is 0 Å². The second-order valence-corrected chi connectivity index (χ2v) is 6.27. The zero-order valence-electron chi connectivity index (χ0n) is 13.5. The summed E-state index contributed by atoms with van der Waals surface area (Å²) < 4.78 is 6.03. The van der Waals surface area contributed by atoms with Crippen LogP contribution >= 0.6 is 0 Å². The van der Waals surface area contributed by atoms with Crippen LogP contribution in [0.25, 0.3) is 0 Å². The second-order valence-electron chi connectivity index (χ2n) is 6.27. The number of piperidine rings is 1. The molecule has 0 bridgehead atoms. The highest BCUT2D eigenvalue weighted by atomic mass is 16.5. The molecule has 114 valence electrons. The summed E-state index contributed by atoms with van der Waals surface area (Å²) in [5, 5.41) is 0. The minimum absolute atomic E-state index is 0.541. The van der Waals surface area contributed by atoms with E-state index in [0.717, 1.165) is 12.5 Å². The van der Waals surface area contributed by atoms with E-state index in [-0.39, 0.29) is 0 Å². The van der Waals surface area contributed by atoms with Gasteiger partial charge in [-0.05, 0) is 44.6 Å². The average Bonchev–Trinajstić information content (AvgIpc) is 2.45. The number of likely N-dealkylation sites (tertiary alicyclic amines) is 1. The van der Waals surface area contributed by atoms with Gasteiger partial charge >= 0.3 is 0 Å². The van der Waals surface area contributed by atoms with Gasteiger partial charge in [-0.2, -0.15) is 0 Å². The van der Waals surface area contributed by atoms with Crippen molar-refractivity contribution in [1.29, 1.82) is 0 Å². The van der Waals surface area contributed by atoms with Crippen LogP contribution in [0.1, 0.15) is 72.1 Å². The molecule has 2 nitrogen and oxygen atoms in total. The fraction of sp³-hybridized carbons (Fsp3) is 1.00. The van der Waals surface area contributed by atoms with E-state index in [1.807, 2.05) is 0 Å². The van der Waals surface area contributed by atoms with Crippen molar-refractivity contribution >= 4 is 0 Å². The van der Waals surface area contributed by atoms with Gasteiger partial charge in [-0.15, -0.1) is 0 Å². The summed E-state index contributed by atoms with van der Waals surface area (Å²) >= 11 is 0. The van der Waals surface area contributed by atoms with E-state index in [2.05, 4.69) is 25.7 Å². The van der Waals surface area contributed by atoms with Gasteiger partial charge in [-0.25, -0.2) is 0 Å². The molecule has 19 heavy (non-hydrogen) atoms. The Bertz CT molecular complexity index is 199. The van der Waals surface area contributed by atoms with Gasteiger partial charge in [0.1, 0.15) is 0 Å². The fourth-order valence-electron chi connectivity index (χ4n) is 2.77. The van der Waals surface area contributed by atoms with Crippen molar-refractivity contribution in [2.45, 2.75) is 78.2 Å². The normalized spacial score (nSPS) is 19.7. The van der Waals surface area contributed by atoms with Crippen molar-refractivity contribution in [3.05, 3.63) is 0 Å². The van der Waals surface area contributed by atoms with Crippen molar-refractivity contribution < 1.29 is 4.74 Å². The first-order valence-electron chi connectivity index (χ1n) is 8.60. The molecule has 0 aromatic rings. The lowest BCUT2D eigenvalue weighted by atomic mass is 10.0. The van der Waals surface area contributed by atoms with E-state index in [1.165, 1.54) is 71.0 Å². The van der Waals surface area contributed by atoms with Crippen LogP contribution in [0.2, 0.25) is 0 Å². The highest BCUT2D eigenvalue weighted by Gasteiger charge is 2.18. The summed E-state index contributed by atoms with van der Waals surface area (Å²) in [6.45, 7) is 11.7. The largest absolute Gasteiger partial charge is 0.378 e. The topological polar surface area (TPSA) is 12.5 Å². The Morgan fingerprint density at radius 3 is 2.47 bits per heavy atom. The van der Waals surface area contributed by atoms with Gasteiger partial charge < -0.3 is 9.64 Å². The monoisotopic (exact) mass is 269 g/mol.